The van der Waals surface area contributed by atoms with Gasteiger partial charge in [0.2, 0.25) is 0 Å². The lowest BCUT2D eigenvalue weighted by atomic mass is 10.0. The molecule has 0 bridgehead atoms. The van der Waals surface area contributed by atoms with E-state index in [2.05, 4.69) is 5.10 Å². The fourth-order valence-electron chi connectivity index (χ4n) is 3.03. The fourth-order valence-corrected chi connectivity index (χ4v) is 3.29. The van der Waals surface area contributed by atoms with E-state index in [0.717, 1.165) is 29.2 Å². The smallest absolute Gasteiger partial charge is 0.330 e. The van der Waals surface area contributed by atoms with Crippen LogP contribution in [0.3, 0.4) is 0 Å². The molecule has 2 heterocycles. The van der Waals surface area contributed by atoms with Crippen molar-refractivity contribution in [2.75, 3.05) is 6.54 Å². The minimum Gasteiger partial charge on any atom is -0.330 e. The first-order valence-corrected chi connectivity index (χ1v) is 7.83. The Bertz CT molecular complexity index is 772. The Kier molecular flexibility index (Phi) is 4.29. The molecule has 4 nitrogen and oxygen atoms in total. The Balaban J connectivity index is 1.92. The molecule has 1 aliphatic heterocycles. The third-order valence-electron chi connectivity index (χ3n) is 4.17. The summed E-state index contributed by atoms with van der Waals surface area (Å²) >= 11 is 6.21. The van der Waals surface area contributed by atoms with E-state index in [-0.39, 0.29) is 11.7 Å². The first-order chi connectivity index (χ1) is 11.3. The maximum Gasteiger partial charge on any atom is 0.435 e. The second-order valence-electron chi connectivity index (χ2n) is 5.71. The van der Waals surface area contributed by atoms with Crippen LogP contribution in [0.25, 0.3) is 0 Å². The van der Waals surface area contributed by atoms with Gasteiger partial charge in [0.05, 0.1) is 6.04 Å². The maximum atomic E-state index is 12.8. The van der Waals surface area contributed by atoms with Crippen LogP contribution in [0, 0.1) is 0 Å². The molecule has 1 aliphatic rings. The lowest BCUT2D eigenvalue weighted by Gasteiger charge is -2.25. The SMILES string of the molecule is Cn1nc(C(F)(F)F)cc1C(=O)N1CCC[C@H]1c1ccccc1Cl. The zero-order chi connectivity index (χ0) is 17.5. The molecule has 0 saturated carbocycles. The van der Waals surface area contributed by atoms with Gasteiger partial charge in [-0.2, -0.15) is 18.3 Å². The van der Waals surface area contributed by atoms with Crippen LogP contribution in [0.15, 0.2) is 30.3 Å². The third kappa shape index (κ3) is 3.00. The Hall–Kier alpha value is -2.02. The lowest BCUT2D eigenvalue weighted by Crippen LogP contribution is -2.32. The number of rotatable bonds is 2. The van der Waals surface area contributed by atoms with E-state index in [0.29, 0.717) is 11.6 Å². The highest BCUT2D eigenvalue weighted by Crippen LogP contribution is 2.37. The van der Waals surface area contributed by atoms with Gasteiger partial charge in [-0.1, -0.05) is 29.8 Å². The number of nitrogens with zero attached hydrogens (tertiary/aromatic N) is 3. The summed E-state index contributed by atoms with van der Waals surface area (Å²) in [6, 6.07) is 7.75. The summed E-state index contributed by atoms with van der Waals surface area (Å²) < 4.78 is 39.4. The molecular weight excluding hydrogens is 343 g/mol. The highest BCUT2D eigenvalue weighted by molar-refractivity contribution is 6.31. The largest absolute Gasteiger partial charge is 0.435 e. The van der Waals surface area contributed by atoms with Crippen molar-refractivity contribution in [2.45, 2.75) is 25.1 Å². The normalized spacial score (nSPS) is 18.2. The van der Waals surface area contributed by atoms with Gasteiger partial charge in [0, 0.05) is 24.7 Å². The number of aryl methyl sites for hydroxylation is 1. The van der Waals surface area contributed by atoms with E-state index in [9.17, 15) is 18.0 Å². The van der Waals surface area contributed by atoms with Crippen molar-refractivity contribution in [3.63, 3.8) is 0 Å². The molecule has 1 amide bonds. The van der Waals surface area contributed by atoms with E-state index >= 15 is 0 Å². The van der Waals surface area contributed by atoms with Crippen molar-refractivity contribution in [3.05, 3.63) is 52.3 Å². The summed E-state index contributed by atoms with van der Waals surface area (Å²) in [5.74, 6) is -0.470. The number of likely N-dealkylation sites (tertiary alicyclic amines) is 1. The highest BCUT2D eigenvalue weighted by Gasteiger charge is 2.38. The standard InChI is InChI=1S/C16H15ClF3N3O/c1-22-13(9-14(21-22)16(18,19)20)15(24)23-8-4-7-12(23)10-5-2-3-6-11(10)17/h2-3,5-6,9,12H,4,7-8H2,1H3/t12-/m0/s1. The van der Waals surface area contributed by atoms with E-state index in [1.807, 2.05) is 12.1 Å². The van der Waals surface area contributed by atoms with E-state index in [1.165, 1.54) is 7.05 Å². The number of aromatic nitrogens is 2. The van der Waals surface area contributed by atoms with Crippen LogP contribution >= 0.6 is 11.6 Å². The van der Waals surface area contributed by atoms with E-state index < -0.39 is 17.8 Å². The van der Waals surface area contributed by atoms with Crippen LogP contribution < -0.4 is 0 Å². The molecule has 0 N–H and O–H groups in total. The second-order valence-corrected chi connectivity index (χ2v) is 6.12. The molecule has 2 aromatic rings. The summed E-state index contributed by atoms with van der Waals surface area (Å²) in [6.45, 7) is 0.473. The van der Waals surface area contributed by atoms with Crippen molar-refractivity contribution in [3.8, 4) is 0 Å². The van der Waals surface area contributed by atoms with Gasteiger partial charge < -0.3 is 4.90 Å². The number of alkyl halides is 3. The summed E-state index contributed by atoms with van der Waals surface area (Å²) in [6.07, 6.45) is -3.09. The number of carbonyl (C=O) groups is 1. The number of carbonyl (C=O) groups excluding carboxylic acids is 1. The molecule has 3 rings (SSSR count). The Labute approximate surface area is 141 Å². The minimum atomic E-state index is -4.58. The average Bonchev–Trinajstić information content (AvgIpc) is 3.13. The maximum absolute atomic E-state index is 12.8. The molecule has 1 fully saturated rings. The van der Waals surface area contributed by atoms with Crippen LogP contribution in [0.2, 0.25) is 5.02 Å². The monoisotopic (exact) mass is 357 g/mol. The Morgan fingerprint density at radius 1 is 1.33 bits per heavy atom. The van der Waals surface area contributed by atoms with Crippen LogP contribution in [0.5, 0.6) is 0 Å². The van der Waals surface area contributed by atoms with Crippen molar-refractivity contribution in [2.24, 2.45) is 7.05 Å². The molecule has 0 aliphatic carbocycles. The van der Waals surface area contributed by atoms with E-state index in [4.69, 9.17) is 11.6 Å². The first kappa shape index (κ1) is 16.8. The highest BCUT2D eigenvalue weighted by atomic mass is 35.5. The Morgan fingerprint density at radius 2 is 2.04 bits per heavy atom. The molecule has 1 aromatic carbocycles. The number of benzene rings is 1. The summed E-state index contributed by atoms with van der Waals surface area (Å²) in [7, 11) is 1.34. The summed E-state index contributed by atoms with van der Waals surface area (Å²) in [5, 5.41) is 3.95. The molecule has 128 valence electrons. The number of hydrogen-bond acceptors (Lipinski definition) is 2. The van der Waals surface area contributed by atoms with Crippen LogP contribution in [0.4, 0.5) is 13.2 Å². The van der Waals surface area contributed by atoms with Crippen molar-refractivity contribution >= 4 is 17.5 Å². The molecule has 0 unspecified atom stereocenters. The van der Waals surface area contributed by atoms with Gasteiger partial charge in [-0.3, -0.25) is 9.48 Å². The first-order valence-electron chi connectivity index (χ1n) is 7.45. The molecule has 8 heteroatoms. The number of hydrogen-bond donors (Lipinski definition) is 0. The van der Waals surface area contributed by atoms with Gasteiger partial charge in [0.15, 0.2) is 5.69 Å². The number of amides is 1. The average molecular weight is 358 g/mol. The quantitative estimate of drug-likeness (QED) is 0.812. The summed E-state index contributed by atoms with van der Waals surface area (Å²) in [5.41, 5.74) is -0.341. The summed E-state index contributed by atoms with van der Waals surface area (Å²) in [4.78, 5) is 14.3. The molecule has 1 atom stereocenters. The zero-order valence-corrected chi connectivity index (χ0v) is 13.6. The molecular formula is C16H15ClF3N3O. The zero-order valence-electron chi connectivity index (χ0n) is 12.8. The predicted octanol–water partition coefficient (Wildman–Crippen LogP) is 4.07. The van der Waals surface area contributed by atoms with Crippen LogP contribution in [-0.4, -0.2) is 27.1 Å². The van der Waals surface area contributed by atoms with Gasteiger partial charge in [0.25, 0.3) is 5.91 Å². The molecule has 24 heavy (non-hydrogen) atoms. The second kappa shape index (κ2) is 6.12. The molecule has 1 saturated heterocycles. The molecule has 0 radical (unpaired) electrons. The van der Waals surface area contributed by atoms with Gasteiger partial charge in [-0.15, -0.1) is 0 Å². The third-order valence-corrected chi connectivity index (χ3v) is 4.51. The van der Waals surface area contributed by atoms with E-state index in [1.54, 1.807) is 17.0 Å². The van der Waals surface area contributed by atoms with Gasteiger partial charge in [0.1, 0.15) is 5.69 Å². The fraction of sp³-hybridized carbons (Fsp3) is 0.375. The van der Waals surface area contributed by atoms with Crippen LogP contribution in [0.1, 0.15) is 40.6 Å². The Morgan fingerprint density at radius 3 is 2.67 bits per heavy atom. The van der Waals surface area contributed by atoms with Gasteiger partial charge >= 0.3 is 6.18 Å². The molecule has 1 aromatic heterocycles. The predicted molar refractivity (Wildman–Crippen MR) is 82.7 cm³/mol. The molecule has 0 spiro atoms. The van der Waals surface area contributed by atoms with Crippen molar-refractivity contribution in [1.82, 2.24) is 14.7 Å². The topological polar surface area (TPSA) is 38.1 Å². The minimum absolute atomic E-state index is 0.0821. The van der Waals surface area contributed by atoms with Crippen molar-refractivity contribution in [1.29, 1.82) is 0 Å². The van der Waals surface area contributed by atoms with Crippen molar-refractivity contribution < 1.29 is 18.0 Å². The lowest BCUT2D eigenvalue weighted by molar-refractivity contribution is -0.141. The van der Waals surface area contributed by atoms with Gasteiger partial charge in [-0.25, -0.2) is 0 Å². The number of halogens is 4. The van der Waals surface area contributed by atoms with Crippen LogP contribution in [-0.2, 0) is 13.2 Å². The van der Waals surface area contributed by atoms with Gasteiger partial charge in [-0.05, 0) is 24.5 Å².